The fourth-order valence-corrected chi connectivity index (χ4v) is 1.16. The predicted octanol–water partition coefficient (Wildman–Crippen LogP) is 2.71. The number of carbonyl (C=O) groups is 1. The molecule has 0 heterocycles. The van der Waals surface area contributed by atoms with Gasteiger partial charge in [0.05, 0.1) is 13.2 Å². The molecule has 0 aliphatic carbocycles. The molecule has 0 unspecified atom stereocenters. The Bertz CT molecular complexity index is 120. The van der Waals surface area contributed by atoms with Crippen molar-refractivity contribution in [3.8, 4) is 0 Å². The van der Waals surface area contributed by atoms with Crippen LogP contribution in [0.4, 0.5) is 0 Å². The van der Waals surface area contributed by atoms with Gasteiger partial charge in [-0.1, -0.05) is 26.2 Å². The Morgan fingerprint density at radius 3 is 2.50 bits per heavy atom. The molecular weight excluding hydrogens is 180 g/mol. The second-order valence-electron chi connectivity index (χ2n) is 3.44. The maximum Gasteiger partial charge on any atom is 0.305 e. The number of ether oxygens (including phenoxy) is 1. The first-order valence-electron chi connectivity index (χ1n) is 5.55. The lowest BCUT2D eigenvalue weighted by Gasteiger charge is -2.03. The normalized spacial score (nSPS) is 10.1. The molecule has 3 nitrogen and oxygen atoms in total. The molecule has 0 aromatic heterocycles. The topological polar surface area (TPSA) is 46.2 Å². The van der Waals surface area contributed by atoms with Crippen LogP contribution in [0.1, 0.15) is 51.9 Å². The molecule has 1 radical (unpaired) electrons. The number of hydrogen-bond acceptors (Lipinski definition) is 2. The van der Waals surface area contributed by atoms with Crippen molar-refractivity contribution in [3.05, 3.63) is 0 Å². The molecular formula is C11H21O3. The Balaban J connectivity index is 3.11. The van der Waals surface area contributed by atoms with Gasteiger partial charge in [0.25, 0.3) is 0 Å². The highest BCUT2D eigenvalue weighted by atomic mass is 16.5. The third-order valence-electron chi connectivity index (χ3n) is 2.04. The lowest BCUT2D eigenvalue weighted by Crippen LogP contribution is -2.05. The van der Waals surface area contributed by atoms with Gasteiger partial charge in [0.2, 0.25) is 0 Å². The zero-order valence-electron chi connectivity index (χ0n) is 9.09. The van der Waals surface area contributed by atoms with Crippen LogP contribution in [0, 0.1) is 0 Å². The Hall–Kier alpha value is -0.570. The van der Waals surface area contributed by atoms with E-state index < -0.39 is 0 Å². The minimum atomic E-state index is -0.119. The Morgan fingerprint density at radius 2 is 1.86 bits per heavy atom. The van der Waals surface area contributed by atoms with Crippen LogP contribution in [0.3, 0.4) is 0 Å². The van der Waals surface area contributed by atoms with E-state index in [0.29, 0.717) is 19.4 Å². The van der Waals surface area contributed by atoms with E-state index in [9.17, 15) is 9.90 Å². The van der Waals surface area contributed by atoms with Crippen LogP contribution >= 0.6 is 0 Å². The average molecular weight is 201 g/mol. The third kappa shape index (κ3) is 9.52. The summed E-state index contributed by atoms with van der Waals surface area (Å²) in [6.07, 6.45) is 5.98. The number of esters is 1. The Labute approximate surface area is 86.5 Å². The first-order valence-corrected chi connectivity index (χ1v) is 5.55. The third-order valence-corrected chi connectivity index (χ3v) is 2.04. The van der Waals surface area contributed by atoms with E-state index in [4.69, 9.17) is 4.74 Å². The molecule has 0 amide bonds. The standard InChI is InChI=1S/C11H21O3/c1-2-3-7-10-14-11(13)8-5-4-6-9-12/h2-10H2,1H3. The Kier molecular flexibility index (Phi) is 10.1. The maximum absolute atomic E-state index is 11.1. The van der Waals surface area contributed by atoms with Gasteiger partial charge in [-0.25, -0.2) is 5.11 Å². The summed E-state index contributed by atoms with van der Waals surface area (Å²) in [4.78, 5) is 11.1. The van der Waals surface area contributed by atoms with Gasteiger partial charge in [-0.2, -0.15) is 0 Å². The first kappa shape index (κ1) is 13.4. The monoisotopic (exact) mass is 201 g/mol. The highest BCUT2D eigenvalue weighted by molar-refractivity contribution is 5.69. The molecule has 0 saturated heterocycles. The molecule has 0 saturated carbocycles. The molecule has 0 aliphatic heterocycles. The molecule has 0 atom stereocenters. The van der Waals surface area contributed by atoms with E-state index in [1.165, 1.54) is 0 Å². The zero-order valence-corrected chi connectivity index (χ0v) is 9.09. The van der Waals surface area contributed by atoms with Gasteiger partial charge in [0.1, 0.15) is 0 Å². The lowest BCUT2D eigenvalue weighted by atomic mass is 10.2. The number of rotatable bonds is 9. The molecule has 0 spiro atoms. The van der Waals surface area contributed by atoms with Crippen LogP contribution in [-0.2, 0) is 14.6 Å². The molecule has 0 N–H and O–H groups in total. The molecule has 83 valence electrons. The van der Waals surface area contributed by atoms with Crippen molar-refractivity contribution in [2.45, 2.75) is 51.9 Å². The summed E-state index contributed by atoms with van der Waals surface area (Å²) in [5.74, 6) is -0.119. The molecule has 0 fully saturated rings. The van der Waals surface area contributed by atoms with Crippen LogP contribution < -0.4 is 0 Å². The molecule has 14 heavy (non-hydrogen) atoms. The lowest BCUT2D eigenvalue weighted by molar-refractivity contribution is -0.143. The molecule has 0 rings (SSSR count). The largest absolute Gasteiger partial charge is 0.466 e. The van der Waals surface area contributed by atoms with Crippen molar-refractivity contribution in [2.24, 2.45) is 0 Å². The minimum Gasteiger partial charge on any atom is -0.466 e. The van der Waals surface area contributed by atoms with E-state index in [1.807, 2.05) is 0 Å². The van der Waals surface area contributed by atoms with Gasteiger partial charge in [0, 0.05) is 6.42 Å². The molecule has 0 aromatic carbocycles. The smallest absolute Gasteiger partial charge is 0.305 e. The Morgan fingerprint density at radius 1 is 1.07 bits per heavy atom. The van der Waals surface area contributed by atoms with Gasteiger partial charge in [0.15, 0.2) is 0 Å². The van der Waals surface area contributed by atoms with Crippen LogP contribution in [0.15, 0.2) is 0 Å². The zero-order chi connectivity index (χ0) is 10.6. The van der Waals surface area contributed by atoms with Gasteiger partial charge < -0.3 is 4.74 Å². The van der Waals surface area contributed by atoms with Crippen LogP contribution in [-0.4, -0.2) is 19.2 Å². The number of carbonyl (C=O) groups excluding carboxylic acids is 1. The van der Waals surface area contributed by atoms with Crippen molar-refractivity contribution >= 4 is 5.97 Å². The fourth-order valence-electron chi connectivity index (χ4n) is 1.16. The second-order valence-corrected chi connectivity index (χ2v) is 3.44. The highest BCUT2D eigenvalue weighted by Crippen LogP contribution is 2.02. The number of hydrogen-bond donors (Lipinski definition) is 0. The van der Waals surface area contributed by atoms with Gasteiger partial charge in [-0.05, 0) is 19.3 Å². The van der Waals surface area contributed by atoms with Crippen LogP contribution in [0.5, 0.6) is 0 Å². The summed E-state index contributed by atoms with van der Waals surface area (Å²) in [7, 11) is 0. The van der Waals surface area contributed by atoms with Crippen molar-refractivity contribution in [2.75, 3.05) is 13.2 Å². The maximum atomic E-state index is 11.1. The van der Waals surface area contributed by atoms with Gasteiger partial charge in [-0.3, -0.25) is 4.79 Å². The van der Waals surface area contributed by atoms with E-state index in [-0.39, 0.29) is 12.6 Å². The summed E-state index contributed by atoms with van der Waals surface area (Å²) >= 11 is 0. The van der Waals surface area contributed by atoms with Crippen molar-refractivity contribution in [1.29, 1.82) is 0 Å². The highest BCUT2D eigenvalue weighted by Gasteiger charge is 2.01. The predicted molar refractivity (Wildman–Crippen MR) is 54.5 cm³/mol. The number of unbranched alkanes of at least 4 members (excludes halogenated alkanes) is 4. The summed E-state index contributed by atoms with van der Waals surface area (Å²) in [5.41, 5.74) is 0. The van der Waals surface area contributed by atoms with Crippen molar-refractivity contribution < 1.29 is 14.6 Å². The van der Waals surface area contributed by atoms with Gasteiger partial charge >= 0.3 is 5.97 Å². The SMILES string of the molecule is CCCCCOC(=O)CCCCC[O]. The van der Waals surface area contributed by atoms with E-state index in [2.05, 4.69) is 6.92 Å². The second kappa shape index (κ2) is 10.5. The first-order chi connectivity index (χ1) is 6.81. The van der Waals surface area contributed by atoms with E-state index >= 15 is 0 Å². The summed E-state index contributed by atoms with van der Waals surface area (Å²) in [6, 6.07) is 0. The van der Waals surface area contributed by atoms with E-state index in [0.717, 1.165) is 32.1 Å². The minimum absolute atomic E-state index is 0.0362. The fraction of sp³-hybridized carbons (Fsp3) is 0.909. The van der Waals surface area contributed by atoms with Gasteiger partial charge in [-0.15, -0.1) is 0 Å². The van der Waals surface area contributed by atoms with Crippen molar-refractivity contribution in [3.63, 3.8) is 0 Å². The quantitative estimate of drug-likeness (QED) is 0.425. The molecule has 0 aliphatic rings. The summed E-state index contributed by atoms with van der Waals surface area (Å²) < 4.78 is 5.01. The molecule has 3 heteroatoms. The van der Waals surface area contributed by atoms with Crippen LogP contribution in [0.2, 0.25) is 0 Å². The summed E-state index contributed by atoms with van der Waals surface area (Å²) in [6.45, 7) is 2.63. The van der Waals surface area contributed by atoms with Crippen molar-refractivity contribution in [1.82, 2.24) is 0 Å². The average Bonchev–Trinajstić information content (AvgIpc) is 2.19. The summed E-state index contributed by atoms with van der Waals surface area (Å²) in [5, 5.41) is 10.1. The van der Waals surface area contributed by atoms with E-state index in [1.54, 1.807) is 0 Å². The van der Waals surface area contributed by atoms with Crippen LogP contribution in [0.25, 0.3) is 0 Å². The molecule has 0 bridgehead atoms. The molecule has 0 aromatic rings.